The molecule has 1 aliphatic heterocycles. The van der Waals surface area contributed by atoms with Gasteiger partial charge in [-0.05, 0) is 68.7 Å². The van der Waals surface area contributed by atoms with Gasteiger partial charge in [-0.3, -0.25) is 0 Å². The second-order valence-electron chi connectivity index (χ2n) is 5.65. The highest BCUT2D eigenvalue weighted by Crippen LogP contribution is 2.24. The Kier molecular flexibility index (Phi) is 5.08. The van der Waals surface area contributed by atoms with Crippen LogP contribution < -0.4 is 11.1 Å². The molecule has 3 nitrogen and oxygen atoms in total. The summed E-state index contributed by atoms with van der Waals surface area (Å²) in [5, 5.41) is 3.46. The number of anilines is 2. The summed E-state index contributed by atoms with van der Waals surface area (Å²) in [5.74, 6) is 0.854. The predicted molar refractivity (Wildman–Crippen MR) is 81.6 cm³/mol. The van der Waals surface area contributed by atoms with Crippen molar-refractivity contribution in [3.63, 3.8) is 0 Å². The van der Waals surface area contributed by atoms with Crippen molar-refractivity contribution in [2.24, 2.45) is 5.92 Å². The zero-order valence-corrected chi connectivity index (χ0v) is 12.2. The molecular formula is C16H26N2O. The van der Waals surface area contributed by atoms with Gasteiger partial charge in [-0.1, -0.05) is 0 Å². The van der Waals surface area contributed by atoms with Gasteiger partial charge in [0.25, 0.3) is 0 Å². The Morgan fingerprint density at radius 3 is 2.63 bits per heavy atom. The summed E-state index contributed by atoms with van der Waals surface area (Å²) in [6.07, 6.45) is 4.95. The van der Waals surface area contributed by atoms with E-state index in [0.29, 0.717) is 0 Å². The SMILES string of the molecule is Cc1cc(N)c(NCCCC2CCOCC2)cc1C. The van der Waals surface area contributed by atoms with Crippen LogP contribution in [0.15, 0.2) is 12.1 Å². The predicted octanol–water partition coefficient (Wildman–Crippen LogP) is 3.50. The molecule has 1 aromatic rings. The molecule has 0 aliphatic carbocycles. The van der Waals surface area contributed by atoms with Gasteiger partial charge >= 0.3 is 0 Å². The van der Waals surface area contributed by atoms with Crippen LogP contribution in [0.1, 0.15) is 36.8 Å². The van der Waals surface area contributed by atoms with E-state index >= 15 is 0 Å². The molecule has 0 unspecified atom stereocenters. The molecule has 0 aromatic heterocycles. The second-order valence-corrected chi connectivity index (χ2v) is 5.65. The Morgan fingerprint density at radius 2 is 1.89 bits per heavy atom. The average Bonchev–Trinajstić information content (AvgIpc) is 2.41. The molecule has 1 aliphatic rings. The second kappa shape index (κ2) is 6.80. The van der Waals surface area contributed by atoms with Crippen molar-refractivity contribution in [1.82, 2.24) is 0 Å². The molecule has 1 heterocycles. The van der Waals surface area contributed by atoms with Crippen molar-refractivity contribution < 1.29 is 4.74 Å². The summed E-state index contributed by atoms with van der Waals surface area (Å²) < 4.78 is 5.38. The van der Waals surface area contributed by atoms with Crippen LogP contribution in [0.4, 0.5) is 11.4 Å². The first kappa shape index (κ1) is 14.2. The molecule has 106 valence electrons. The van der Waals surface area contributed by atoms with E-state index < -0.39 is 0 Å². The molecule has 0 saturated carbocycles. The number of rotatable bonds is 5. The summed E-state index contributed by atoms with van der Waals surface area (Å²) in [4.78, 5) is 0. The fourth-order valence-electron chi connectivity index (χ4n) is 2.64. The molecule has 3 heteroatoms. The van der Waals surface area contributed by atoms with Gasteiger partial charge in [0.05, 0.1) is 11.4 Å². The molecule has 0 spiro atoms. The van der Waals surface area contributed by atoms with Gasteiger partial charge < -0.3 is 15.8 Å². The first-order chi connectivity index (χ1) is 9.16. The van der Waals surface area contributed by atoms with Crippen LogP contribution in [-0.4, -0.2) is 19.8 Å². The largest absolute Gasteiger partial charge is 0.397 e. The maximum absolute atomic E-state index is 6.04. The van der Waals surface area contributed by atoms with Crippen LogP contribution in [-0.2, 0) is 4.74 Å². The van der Waals surface area contributed by atoms with Gasteiger partial charge in [0.2, 0.25) is 0 Å². The van der Waals surface area contributed by atoms with Crippen molar-refractivity contribution in [2.45, 2.75) is 39.5 Å². The minimum atomic E-state index is 0.854. The molecule has 1 fully saturated rings. The summed E-state index contributed by atoms with van der Waals surface area (Å²) in [7, 11) is 0. The van der Waals surface area contributed by atoms with Gasteiger partial charge in [-0.25, -0.2) is 0 Å². The number of nitrogen functional groups attached to an aromatic ring is 1. The number of benzene rings is 1. The smallest absolute Gasteiger partial charge is 0.0576 e. The number of hydrogen-bond donors (Lipinski definition) is 2. The highest BCUT2D eigenvalue weighted by Gasteiger charge is 2.12. The van der Waals surface area contributed by atoms with Crippen LogP contribution in [0.2, 0.25) is 0 Å². The first-order valence-corrected chi connectivity index (χ1v) is 7.35. The van der Waals surface area contributed by atoms with Gasteiger partial charge in [0.15, 0.2) is 0 Å². The molecule has 2 rings (SSSR count). The standard InChI is InChI=1S/C16H26N2O/c1-12-10-15(17)16(11-13(12)2)18-7-3-4-14-5-8-19-9-6-14/h10-11,14,18H,3-9,17H2,1-2H3. The first-order valence-electron chi connectivity index (χ1n) is 7.35. The van der Waals surface area contributed by atoms with Gasteiger partial charge in [-0.2, -0.15) is 0 Å². The van der Waals surface area contributed by atoms with E-state index in [4.69, 9.17) is 10.5 Å². The maximum atomic E-state index is 6.04. The van der Waals surface area contributed by atoms with E-state index in [1.54, 1.807) is 0 Å². The van der Waals surface area contributed by atoms with E-state index in [9.17, 15) is 0 Å². The van der Waals surface area contributed by atoms with E-state index in [1.165, 1.54) is 36.8 Å². The number of hydrogen-bond acceptors (Lipinski definition) is 3. The van der Waals surface area contributed by atoms with Crippen molar-refractivity contribution in [3.8, 4) is 0 Å². The molecular weight excluding hydrogens is 236 g/mol. The van der Waals surface area contributed by atoms with Crippen molar-refractivity contribution in [3.05, 3.63) is 23.3 Å². The Morgan fingerprint density at radius 1 is 1.21 bits per heavy atom. The fourth-order valence-corrected chi connectivity index (χ4v) is 2.64. The quantitative estimate of drug-likeness (QED) is 0.630. The average molecular weight is 262 g/mol. The van der Waals surface area contributed by atoms with Crippen LogP contribution in [0.3, 0.4) is 0 Å². The molecule has 19 heavy (non-hydrogen) atoms. The van der Waals surface area contributed by atoms with Crippen molar-refractivity contribution in [1.29, 1.82) is 0 Å². The summed E-state index contributed by atoms with van der Waals surface area (Å²) >= 11 is 0. The minimum absolute atomic E-state index is 0.854. The summed E-state index contributed by atoms with van der Waals surface area (Å²) in [6.45, 7) is 7.12. The Balaban J connectivity index is 1.74. The van der Waals surface area contributed by atoms with Crippen LogP contribution >= 0.6 is 0 Å². The molecule has 0 amide bonds. The molecule has 0 bridgehead atoms. The maximum Gasteiger partial charge on any atom is 0.0576 e. The lowest BCUT2D eigenvalue weighted by molar-refractivity contribution is 0.0636. The molecule has 3 N–H and O–H groups in total. The molecule has 1 aromatic carbocycles. The Hall–Kier alpha value is -1.22. The normalized spacial score (nSPS) is 16.5. The van der Waals surface area contributed by atoms with Gasteiger partial charge in [0, 0.05) is 19.8 Å². The monoisotopic (exact) mass is 262 g/mol. The number of nitrogens with two attached hydrogens (primary N) is 1. The van der Waals surface area contributed by atoms with E-state index in [2.05, 4.69) is 31.3 Å². The molecule has 0 atom stereocenters. The zero-order chi connectivity index (χ0) is 13.7. The molecule has 0 radical (unpaired) electrons. The van der Waals surface area contributed by atoms with Gasteiger partial charge in [0.1, 0.15) is 0 Å². The fraction of sp³-hybridized carbons (Fsp3) is 0.625. The van der Waals surface area contributed by atoms with Crippen molar-refractivity contribution >= 4 is 11.4 Å². The summed E-state index contributed by atoms with van der Waals surface area (Å²) in [5.41, 5.74) is 10.5. The van der Waals surface area contributed by atoms with Gasteiger partial charge in [-0.15, -0.1) is 0 Å². The zero-order valence-electron chi connectivity index (χ0n) is 12.2. The third kappa shape index (κ3) is 4.13. The Labute approximate surface area is 116 Å². The van der Waals surface area contributed by atoms with E-state index in [-0.39, 0.29) is 0 Å². The van der Waals surface area contributed by atoms with E-state index in [0.717, 1.165) is 37.1 Å². The number of ether oxygens (including phenoxy) is 1. The Bertz CT molecular complexity index is 411. The number of aryl methyl sites for hydroxylation is 2. The third-order valence-electron chi connectivity index (χ3n) is 4.11. The van der Waals surface area contributed by atoms with Crippen LogP contribution in [0.5, 0.6) is 0 Å². The number of nitrogens with one attached hydrogen (secondary N) is 1. The lowest BCUT2D eigenvalue weighted by Gasteiger charge is -2.22. The minimum Gasteiger partial charge on any atom is -0.397 e. The lowest BCUT2D eigenvalue weighted by Crippen LogP contribution is -2.16. The third-order valence-corrected chi connectivity index (χ3v) is 4.11. The van der Waals surface area contributed by atoms with Crippen molar-refractivity contribution in [2.75, 3.05) is 30.8 Å². The van der Waals surface area contributed by atoms with E-state index in [1.807, 2.05) is 0 Å². The molecule has 1 saturated heterocycles. The topological polar surface area (TPSA) is 47.3 Å². The van der Waals surface area contributed by atoms with Crippen LogP contribution in [0, 0.1) is 19.8 Å². The van der Waals surface area contributed by atoms with Crippen LogP contribution in [0.25, 0.3) is 0 Å². The lowest BCUT2D eigenvalue weighted by atomic mass is 9.95. The summed E-state index contributed by atoms with van der Waals surface area (Å²) in [6, 6.07) is 4.20. The highest BCUT2D eigenvalue weighted by molar-refractivity contribution is 5.68. The highest BCUT2D eigenvalue weighted by atomic mass is 16.5.